The third kappa shape index (κ3) is 2.57. The van der Waals surface area contributed by atoms with Crippen molar-refractivity contribution in [1.82, 2.24) is 19.7 Å². The lowest BCUT2D eigenvalue weighted by atomic mass is 9.76. The second kappa shape index (κ2) is 5.92. The Morgan fingerprint density at radius 2 is 2.30 bits per heavy atom. The molecule has 5 nitrogen and oxygen atoms in total. The topological polar surface area (TPSA) is 57.7 Å². The Morgan fingerprint density at radius 1 is 1.40 bits per heavy atom. The number of fused-ring (bicyclic) bond motifs is 1. The van der Waals surface area contributed by atoms with Crippen LogP contribution in [0.5, 0.6) is 0 Å². The average Bonchev–Trinajstić information content (AvgIpc) is 2.95. The first-order valence-corrected chi connectivity index (χ1v) is 7.82. The van der Waals surface area contributed by atoms with Gasteiger partial charge in [-0.15, -0.1) is 10.2 Å². The number of rotatable bonds is 3. The van der Waals surface area contributed by atoms with Gasteiger partial charge in [-0.05, 0) is 25.2 Å². The Morgan fingerprint density at radius 3 is 3.10 bits per heavy atom. The zero-order chi connectivity index (χ0) is 13.9. The molecule has 3 unspecified atom stereocenters. The molecule has 0 amide bonds. The Balaban J connectivity index is 1.72. The molecule has 0 N–H and O–H groups in total. The van der Waals surface area contributed by atoms with Crippen LogP contribution in [0.4, 0.5) is 0 Å². The van der Waals surface area contributed by atoms with E-state index in [1.165, 1.54) is 25.7 Å². The number of aromatic nitrogens is 3. The Labute approximate surface area is 120 Å². The first-order chi connectivity index (χ1) is 9.81. The van der Waals surface area contributed by atoms with Crippen molar-refractivity contribution < 1.29 is 0 Å². The van der Waals surface area contributed by atoms with Crippen LogP contribution < -0.4 is 0 Å². The molecule has 1 saturated carbocycles. The molecule has 0 radical (unpaired) electrons. The monoisotopic (exact) mass is 273 g/mol. The second-order valence-electron chi connectivity index (χ2n) is 6.18. The summed E-state index contributed by atoms with van der Waals surface area (Å²) >= 11 is 0. The molecule has 2 heterocycles. The Hall–Kier alpha value is -1.41. The summed E-state index contributed by atoms with van der Waals surface area (Å²) in [5.41, 5.74) is 0. The third-order valence-corrected chi connectivity index (χ3v) is 4.93. The lowest BCUT2D eigenvalue weighted by Gasteiger charge is -2.41. The van der Waals surface area contributed by atoms with Crippen LogP contribution >= 0.6 is 0 Å². The number of nitriles is 1. The molecule has 1 aromatic heterocycles. The summed E-state index contributed by atoms with van der Waals surface area (Å²) in [6.45, 7) is 5.08. The molecule has 3 rings (SSSR count). The largest absolute Gasteiger partial charge is 0.315 e. The zero-order valence-corrected chi connectivity index (χ0v) is 12.2. The molecule has 0 bridgehead atoms. The van der Waals surface area contributed by atoms with Crippen LogP contribution in [0.2, 0.25) is 0 Å². The van der Waals surface area contributed by atoms with E-state index in [1.807, 2.05) is 6.33 Å². The number of hydrogen-bond acceptors (Lipinski definition) is 4. The van der Waals surface area contributed by atoms with Gasteiger partial charge in [-0.25, -0.2) is 0 Å². The molecule has 1 fully saturated rings. The van der Waals surface area contributed by atoms with Crippen LogP contribution in [0.3, 0.4) is 0 Å². The first kappa shape index (κ1) is 13.6. The molecule has 108 valence electrons. The van der Waals surface area contributed by atoms with Crippen LogP contribution in [0.1, 0.15) is 44.9 Å². The van der Waals surface area contributed by atoms with Crippen LogP contribution in [-0.4, -0.2) is 32.3 Å². The lowest BCUT2D eigenvalue weighted by Crippen LogP contribution is -2.47. The molecule has 3 atom stereocenters. The SMILES string of the molecule is CCCC1CCC(C#N)C(N2CCn3cnnc3C2)C1. The minimum absolute atomic E-state index is 0.192. The maximum absolute atomic E-state index is 9.45. The normalized spacial score (nSPS) is 30.7. The molecule has 1 aliphatic carbocycles. The standard InChI is InChI=1S/C15H23N5/c1-2-3-12-4-5-13(9-16)14(8-12)19-6-7-20-11-17-18-15(20)10-19/h11-14H,2-8,10H2,1H3. The molecule has 5 heteroatoms. The summed E-state index contributed by atoms with van der Waals surface area (Å²) in [5, 5.41) is 17.6. The summed E-state index contributed by atoms with van der Waals surface area (Å²) in [6, 6.07) is 2.96. The highest BCUT2D eigenvalue weighted by Crippen LogP contribution is 2.35. The van der Waals surface area contributed by atoms with Gasteiger partial charge in [0, 0.05) is 19.1 Å². The van der Waals surface area contributed by atoms with E-state index in [0.29, 0.717) is 6.04 Å². The Kier molecular flexibility index (Phi) is 4.02. The highest BCUT2D eigenvalue weighted by atomic mass is 15.3. The van der Waals surface area contributed by atoms with E-state index < -0.39 is 0 Å². The van der Waals surface area contributed by atoms with Crippen molar-refractivity contribution in [2.75, 3.05) is 6.54 Å². The quantitative estimate of drug-likeness (QED) is 0.847. The summed E-state index contributed by atoms with van der Waals surface area (Å²) in [6.07, 6.45) is 7.85. The maximum atomic E-state index is 9.45. The minimum Gasteiger partial charge on any atom is -0.315 e. The molecular formula is C15H23N5. The highest BCUT2D eigenvalue weighted by Gasteiger charge is 2.35. The lowest BCUT2D eigenvalue weighted by molar-refractivity contribution is 0.0732. The molecule has 0 saturated heterocycles. The van der Waals surface area contributed by atoms with Gasteiger partial charge in [0.1, 0.15) is 12.2 Å². The fraction of sp³-hybridized carbons (Fsp3) is 0.800. The van der Waals surface area contributed by atoms with Gasteiger partial charge in [0.2, 0.25) is 0 Å². The van der Waals surface area contributed by atoms with E-state index in [2.05, 4.69) is 32.7 Å². The highest BCUT2D eigenvalue weighted by molar-refractivity contribution is 5.00. The van der Waals surface area contributed by atoms with Gasteiger partial charge < -0.3 is 4.57 Å². The van der Waals surface area contributed by atoms with Crippen molar-refractivity contribution in [3.8, 4) is 6.07 Å². The molecule has 0 spiro atoms. The van der Waals surface area contributed by atoms with Crippen LogP contribution in [-0.2, 0) is 13.1 Å². The molecular weight excluding hydrogens is 250 g/mol. The predicted molar refractivity (Wildman–Crippen MR) is 75.6 cm³/mol. The van der Waals surface area contributed by atoms with Crippen molar-refractivity contribution in [1.29, 1.82) is 5.26 Å². The molecule has 1 aliphatic heterocycles. The van der Waals surface area contributed by atoms with Crippen molar-refractivity contribution >= 4 is 0 Å². The number of nitrogens with zero attached hydrogens (tertiary/aromatic N) is 5. The second-order valence-corrected chi connectivity index (χ2v) is 6.18. The van der Waals surface area contributed by atoms with E-state index in [4.69, 9.17) is 0 Å². The minimum atomic E-state index is 0.192. The number of hydrogen-bond donors (Lipinski definition) is 0. The van der Waals surface area contributed by atoms with E-state index in [-0.39, 0.29) is 5.92 Å². The Bertz CT molecular complexity index is 489. The first-order valence-electron chi connectivity index (χ1n) is 7.82. The van der Waals surface area contributed by atoms with Gasteiger partial charge in [0.15, 0.2) is 0 Å². The van der Waals surface area contributed by atoms with Crippen LogP contribution in [0.25, 0.3) is 0 Å². The fourth-order valence-corrected chi connectivity index (χ4v) is 3.82. The van der Waals surface area contributed by atoms with Crippen molar-refractivity contribution in [3.05, 3.63) is 12.2 Å². The maximum Gasteiger partial charge on any atom is 0.147 e. The van der Waals surface area contributed by atoms with Crippen LogP contribution in [0, 0.1) is 23.2 Å². The summed E-state index contributed by atoms with van der Waals surface area (Å²) in [4.78, 5) is 2.47. The molecule has 20 heavy (non-hydrogen) atoms. The summed E-state index contributed by atoms with van der Waals surface area (Å²) in [5.74, 6) is 2.04. The van der Waals surface area contributed by atoms with Crippen molar-refractivity contribution in [3.63, 3.8) is 0 Å². The van der Waals surface area contributed by atoms with Gasteiger partial charge in [0.25, 0.3) is 0 Å². The van der Waals surface area contributed by atoms with E-state index in [9.17, 15) is 5.26 Å². The molecule has 0 aromatic carbocycles. The van der Waals surface area contributed by atoms with Gasteiger partial charge in [-0.1, -0.05) is 19.8 Å². The van der Waals surface area contributed by atoms with E-state index >= 15 is 0 Å². The predicted octanol–water partition coefficient (Wildman–Crippen LogP) is 2.20. The van der Waals surface area contributed by atoms with Crippen molar-refractivity contribution in [2.24, 2.45) is 11.8 Å². The summed E-state index contributed by atoms with van der Waals surface area (Å²) in [7, 11) is 0. The fourth-order valence-electron chi connectivity index (χ4n) is 3.82. The van der Waals surface area contributed by atoms with E-state index in [0.717, 1.165) is 37.8 Å². The average molecular weight is 273 g/mol. The van der Waals surface area contributed by atoms with Crippen molar-refractivity contribution in [2.45, 2.75) is 58.2 Å². The zero-order valence-electron chi connectivity index (χ0n) is 12.2. The van der Waals surface area contributed by atoms with Gasteiger partial charge >= 0.3 is 0 Å². The van der Waals surface area contributed by atoms with Crippen LogP contribution in [0.15, 0.2) is 6.33 Å². The third-order valence-electron chi connectivity index (χ3n) is 4.93. The summed E-state index contributed by atoms with van der Waals surface area (Å²) < 4.78 is 2.13. The van der Waals surface area contributed by atoms with Gasteiger partial charge in [-0.3, -0.25) is 4.90 Å². The molecule has 2 aliphatic rings. The van der Waals surface area contributed by atoms with Gasteiger partial charge in [0.05, 0.1) is 18.5 Å². The van der Waals surface area contributed by atoms with E-state index in [1.54, 1.807) is 0 Å². The smallest absolute Gasteiger partial charge is 0.147 e. The van der Waals surface area contributed by atoms with Gasteiger partial charge in [-0.2, -0.15) is 5.26 Å². The molecule has 1 aromatic rings.